The molecule has 8 heteroatoms. The van der Waals surface area contributed by atoms with Crippen LogP contribution in [-0.2, 0) is 9.47 Å². The molecule has 7 nitrogen and oxygen atoms in total. The highest BCUT2D eigenvalue weighted by Gasteiger charge is 2.24. The molecule has 0 fully saturated rings. The lowest BCUT2D eigenvalue weighted by molar-refractivity contribution is 0.0476. The van der Waals surface area contributed by atoms with Crippen molar-refractivity contribution in [3.8, 4) is 0 Å². The van der Waals surface area contributed by atoms with Gasteiger partial charge in [0.25, 0.3) is 0 Å². The van der Waals surface area contributed by atoms with E-state index in [1.54, 1.807) is 7.11 Å². The van der Waals surface area contributed by atoms with E-state index in [0.29, 0.717) is 6.54 Å². The molecule has 0 unspecified atom stereocenters. The SMILES string of the molecule is CCNC(=NCC(C)(C)NC(=O)OC(C)(C)C)NCCCCCOC.I. The molecule has 0 aromatic rings. The van der Waals surface area contributed by atoms with Gasteiger partial charge in [-0.1, -0.05) is 0 Å². The van der Waals surface area contributed by atoms with Gasteiger partial charge in [-0.05, 0) is 60.8 Å². The molecule has 0 aliphatic carbocycles. The number of unbranched alkanes of at least 4 members (excludes halogenated alkanes) is 2. The van der Waals surface area contributed by atoms with Crippen molar-refractivity contribution in [2.75, 3.05) is 33.4 Å². The summed E-state index contributed by atoms with van der Waals surface area (Å²) in [5.74, 6) is 0.758. The topological polar surface area (TPSA) is 84.0 Å². The van der Waals surface area contributed by atoms with Gasteiger partial charge in [-0.25, -0.2) is 4.79 Å². The molecule has 0 aliphatic heterocycles. The summed E-state index contributed by atoms with van der Waals surface area (Å²) in [6.07, 6.45) is 2.82. The summed E-state index contributed by atoms with van der Waals surface area (Å²) < 4.78 is 10.3. The van der Waals surface area contributed by atoms with Crippen LogP contribution in [0.25, 0.3) is 0 Å². The third-order valence-electron chi connectivity index (χ3n) is 3.13. The second-order valence-corrected chi connectivity index (χ2v) is 7.69. The number of carbonyl (C=O) groups excluding carboxylic acids is 1. The average Bonchev–Trinajstić information content (AvgIpc) is 2.45. The lowest BCUT2D eigenvalue weighted by Crippen LogP contribution is -2.49. The van der Waals surface area contributed by atoms with Gasteiger partial charge in [0.05, 0.1) is 12.1 Å². The third-order valence-corrected chi connectivity index (χ3v) is 3.13. The van der Waals surface area contributed by atoms with Gasteiger partial charge < -0.3 is 25.4 Å². The van der Waals surface area contributed by atoms with Gasteiger partial charge in [-0.2, -0.15) is 0 Å². The molecule has 26 heavy (non-hydrogen) atoms. The standard InChI is InChI=1S/C18H38N4O3.HI/c1-8-19-15(20-12-10-9-11-13-24-7)21-14-18(5,6)22-16(23)25-17(2,3)4;/h8-14H2,1-7H3,(H,22,23)(H2,19,20,21);1H. The molecule has 0 saturated carbocycles. The fourth-order valence-corrected chi connectivity index (χ4v) is 1.99. The Morgan fingerprint density at radius 2 is 1.69 bits per heavy atom. The van der Waals surface area contributed by atoms with Crippen LogP contribution in [-0.4, -0.2) is 56.5 Å². The maximum absolute atomic E-state index is 11.9. The number of amides is 1. The third kappa shape index (κ3) is 16.7. The maximum atomic E-state index is 11.9. The first kappa shape index (κ1) is 27.4. The number of hydrogen-bond acceptors (Lipinski definition) is 4. The molecule has 3 N–H and O–H groups in total. The zero-order chi connectivity index (χ0) is 19.3. The predicted molar refractivity (Wildman–Crippen MR) is 119 cm³/mol. The Bertz CT molecular complexity index is 410. The minimum absolute atomic E-state index is 0. The summed E-state index contributed by atoms with van der Waals surface area (Å²) in [5, 5.41) is 9.40. The second kappa shape index (κ2) is 14.3. The van der Waals surface area contributed by atoms with Crippen LogP contribution >= 0.6 is 24.0 Å². The zero-order valence-corrected chi connectivity index (χ0v) is 19.9. The van der Waals surface area contributed by atoms with Crippen molar-refractivity contribution in [1.29, 1.82) is 0 Å². The molecule has 1 amide bonds. The van der Waals surface area contributed by atoms with Gasteiger partial charge in [-0.3, -0.25) is 4.99 Å². The highest BCUT2D eigenvalue weighted by atomic mass is 127. The van der Waals surface area contributed by atoms with Crippen LogP contribution in [0.4, 0.5) is 4.79 Å². The molecule has 0 heterocycles. The number of methoxy groups -OCH3 is 1. The van der Waals surface area contributed by atoms with E-state index in [4.69, 9.17) is 9.47 Å². The molecule has 156 valence electrons. The summed E-state index contributed by atoms with van der Waals surface area (Å²) in [6.45, 7) is 14.3. The molecule has 0 atom stereocenters. The number of nitrogens with zero attached hydrogens (tertiary/aromatic N) is 1. The monoisotopic (exact) mass is 486 g/mol. The quantitative estimate of drug-likeness (QED) is 0.191. The molecule has 0 aromatic carbocycles. The Morgan fingerprint density at radius 3 is 2.23 bits per heavy atom. The van der Waals surface area contributed by atoms with E-state index >= 15 is 0 Å². The molecular formula is C18H39IN4O3. The Balaban J connectivity index is 0. The fraction of sp³-hybridized carbons (Fsp3) is 0.889. The zero-order valence-electron chi connectivity index (χ0n) is 17.5. The molecule has 0 rings (SSSR count). The normalized spacial score (nSPS) is 12.2. The first-order valence-electron chi connectivity index (χ1n) is 9.12. The molecule has 0 radical (unpaired) electrons. The number of nitrogens with one attached hydrogen (secondary N) is 3. The fourth-order valence-electron chi connectivity index (χ4n) is 1.99. The number of rotatable bonds is 10. The highest BCUT2D eigenvalue weighted by molar-refractivity contribution is 14.0. The lowest BCUT2D eigenvalue weighted by atomic mass is 10.1. The van der Waals surface area contributed by atoms with E-state index in [1.165, 1.54) is 0 Å². The van der Waals surface area contributed by atoms with E-state index in [-0.39, 0.29) is 24.0 Å². The molecule has 0 aromatic heterocycles. The van der Waals surface area contributed by atoms with E-state index in [2.05, 4.69) is 20.9 Å². The van der Waals surface area contributed by atoms with Crippen LogP contribution < -0.4 is 16.0 Å². The van der Waals surface area contributed by atoms with Crippen molar-refractivity contribution >= 4 is 36.0 Å². The van der Waals surface area contributed by atoms with Crippen molar-refractivity contribution < 1.29 is 14.3 Å². The number of hydrogen-bond donors (Lipinski definition) is 3. The van der Waals surface area contributed by atoms with Crippen LogP contribution in [0, 0.1) is 0 Å². The lowest BCUT2D eigenvalue weighted by Gasteiger charge is -2.27. The van der Waals surface area contributed by atoms with Crippen molar-refractivity contribution in [2.24, 2.45) is 4.99 Å². The number of carbonyl (C=O) groups is 1. The first-order valence-corrected chi connectivity index (χ1v) is 9.12. The maximum Gasteiger partial charge on any atom is 0.408 e. The molecule has 0 bridgehead atoms. The number of aliphatic imine (C=N–C) groups is 1. The summed E-state index contributed by atoms with van der Waals surface area (Å²) in [6, 6.07) is 0. The number of halogens is 1. The van der Waals surface area contributed by atoms with Gasteiger partial charge >= 0.3 is 6.09 Å². The van der Waals surface area contributed by atoms with Gasteiger partial charge in [0.15, 0.2) is 5.96 Å². The van der Waals surface area contributed by atoms with Crippen LogP contribution in [0.15, 0.2) is 4.99 Å². The predicted octanol–water partition coefficient (Wildman–Crippen LogP) is 3.28. The number of guanidine groups is 1. The summed E-state index contributed by atoms with van der Waals surface area (Å²) in [4.78, 5) is 16.5. The largest absolute Gasteiger partial charge is 0.444 e. The first-order chi connectivity index (χ1) is 11.6. The van der Waals surface area contributed by atoms with Crippen molar-refractivity contribution in [1.82, 2.24) is 16.0 Å². The Labute approximate surface area is 176 Å². The van der Waals surface area contributed by atoms with Gasteiger partial charge in [0.1, 0.15) is 5.60 Å². The van der Waals surface area contributed by atoms with Crippen LogP contribution in [0.1, 0.15) is 60.8 Å². The van der Waals surface area contributed by atoms with Crippen molar-refractivity contribution in [3.63, 3.8) is 0 Å². The van der Waals surface area contributed by atoms with E-state index in [9.17, 15) is 4.79 Å². The summed E-state index contributed by atoms with van der Waals surface area (Å²) in [7, 11) is 1.72. The smallest absolute Gasteiger partial charge is 0.408 e. The van der Waals surface area contributed by atoms with Crippen molar-refractivity contribution in [2.45, 2.75) is 71.9 Å². The molecular weight excluding hydrogens is 447 g/mol. The van der Waals surface area contributed by atoms with Gasteiger partial charge in [-0.15, -0.1) is 24.0 Å². The minimum Gasteiger partial charge on any atom is -0.444 e. The average molecular weight is 486 g/mol. The van der Waals surface area contributed by atoms with Gasteiger partial charge in [0.2, 0.25) is 0 Å². The van der Waals surface area contributed by atoms with E-state index < -0.39 is 17.2 Å². The van der Waals surface area contributed by atoms with Gasteiger partial charge in [0, 0.05) is 26.8 Å². The van der Waals surface area contributed by atoms with Crippen LogP contribution in [0.3, 0.4) is 0 Å². The number of alkyl carbamates (subject to hydrolysis) is 1. The Kier molecular flexibility index (Phi) is 15.1. The highest BCUT2D eigenvalue weighted by Crippen LogP contribution is 2.09. The van der Waals surface area contributed by atoms with E-state index in [1.807, 2.05) is 41.5 Å². The minimum atomic E-state index is -0.511. The Hall–Kier alpha value is -0.770. The van der Waals surface area contributed by atoms with Crippen LogP contribution in [0.2, 0.25) is 0 Å². The van der Waals surface area contributed by atoms with Crippen molar-refractivity contribution in [3.05, 3.63) is 0 Å². The molecule has 0 aliphatic rings. The second-order valence-electron chi connectivity index (χ2n) is 7.69. The molecule has 0 saturated heterocycles. The summed E-state index contributed by atoms with van der Waals surface area (Å²) >= 11 is 0. The number of ether oxygens (including phenoxy) is 2. The molecule has 0 spiro atoms. The Morgan fingerprint density at radius 1 is 1.04 bits per heavy atom. The van der Waals surface area contributed by atoms with E-state index in [0.717, 1.165) is 44.9 Å². The summed E-state index contributed by atoms with van der Waals surface area (Å²) in [5.41, 5.74) is -1.01. The van der Waals surface area contributed by atoms with Crippen LogP contribution in [0.5, 0.6) is 0 Å².